The zero-order chi connectivity index (χ0) is 11.0. The molecule has 3 aliphatic carbocycles. The quantitative estimate of drug-likeness (QED) is 0.483. The Morgan fingerprint density at radius 3 is 2.00 bits per heavy atom. The molecule has 0 aromatic heterocycles. The van der Waals surface area contributed by atoms with Crippen molar-refractivity contribution in [2.45, 2.75) is 47.0 Å². The van der Waals surface area contributed by atoms with Gasteiger partial charge >= 0.3 is 5.97 Å². The van der Waals surface area contributed by atoms with E-state index in [1.54, 1.807) is 0 Å². The molecule has 3 nitrogen and oxygen atoms in total. The van der Waals surface area contributed by atoms with Crippen LogP contribution in [0.15, 0.2) is 0 Å². The van der Waals surface area contributed by atoms with Gasteiger partial charge in [-0.05, 0) is 36.0 Å². The summed E-state index contributed by atoms with van der Waals surface area (Å²) in [6, 6.07) is 0. The van der Waals surface area contributed by atoms with Crippen molar-refractivity contribution >= 4 is 5.97 Å². The van der Waals surface area contributed by atoms with Gasteiger partial charge in [-0.25, -0.2) is 4.79 Å². The molecule has 0 saturated heterocycles. The summed E-state index contributed by atoms with van der Waals surface area (Å²) in [6.07, 6.45) is 4.51. The molecule has 3 rings (SSSR count). The maximum absolute atomic E-state index is 9.34. The van der Waals surface area contributed by atoms with Crippen LogP contribution in [0.1, 0.15) is 47.0 Å². The largest absolute Gasteiger partial charge is 0.339 e. The van der Waals surface area contributed by atoms with Crippen LogP contribution in [0.2, 0.25) is 0 Å². The summed E-state index contributed by atoms with van der Waals surface area (Å²) in [5.41, 5.74) is 1.42. The average Bonchev–Trinajstić information content (AvgIpc) is 2.60. The first-order chi connectivity index (χ1) is 6.33. The lowest BCUT2D eigenvalue weighted by molar-refractivity contribution is -0.231. The van der Waals surface area contributed by atoms with E-state index in [2.05, 4.69) is 25.7 Å². The second-order valence-corrected chi connectivity index (χ2v) is 5.30. The number of hydrogen-bond donors (Lipinski definition) is 1. The van der Waals surface area contributed by atoms with Gasteiger partial charge in [-0.15, -0.1) is 0 Å². The highest BCUT2D eigenvalue weighted by atomic mass is 17.1. The monoisotopic (exact) mass is 200 g/mol. The highest BCUT2D eigenvalue weighted by Crippen LogP contribution is 2.70. The average molecular weight is 200 g/mol. The van der Waals surface area contributed by atoms with Gasteiger partial charge in [-0.2, -0.15) is 5.26 Å². The number of rotatable bonds is 0. The van der Waals surface area contributed by atoms with Crippen LogP contribution in [-0.2, 0) is 9.68 Å². The third-order valence-corrected chi connectivity index (χ3v) is 4.45. The molecule has 3 heteroatoms. The summed E-state index contributed by atoms with van der Waals surface area (Å²) in [5.74, 6) is 0.382. The summed E-state index contributed by atoms with van der Waals surface area (Å²) in [5, 5.41) is 7.29. The second-order valence-electron chi connectivity index (χ2n) is 5.30. The Balaban J connectivity index is 0.000000171. The van der Waals surface area contributed by atoms with Gasteiger partial charge in [0.2, 0.25) is 0 Å². The highest BCUT2D eigenvalue weighted by Gasteiger charge is 2.61. The topological polar surface area (TPSA) is 46.5 Å². The Labute approximate surface area is 85.4 Å². The lowest BCUT2D eigenvalue weighted by Gasteiger charge is -2.53. The van der Waals surface area contributed by atoms with Crippen molar-refractivity contribution in [2.24, 2.45) is 16.7 Å². The third kappa shape index (κ3) is 1.65. The maximum atomic E-state index is 9.34. The van der Waals surface area contributed by atoms with E-state index in [4.69, 9.17) is 5.26 Å². The minimum Gasteiger partial charge on any atom is -0.301 e. The van der Waals surface area contributed by atoms with Crippen LogP contribution in [0.4, 0.5) is 0 Å². The van der Waals surface area contributed by atoms with Crippen molar-refractivity contribution in [3.8, 4) is 0 Å². The molecule has 0 amide bonds. The molecule has 0 radical (unpaired) electrons. The van der Waals surface area contributed by atoms with E-state index in [0.717, 1.165) is 18.3 Å². The number of hydrogen-bond acceptors (Lipinski definition) is 3. The van der Waals surface area contributed by atoms with Crippen LogP contribution in [0.5, 0.6) is 0 Å². The first-order valence-electron chi connectivity index (χ1n) is 5.15. The Kier molecular flexibility index (Phi) is 2.91. The van der Waals surface area contributed by atoms with Crippen molar-refractivity contribution in [3.05, 3.63) is 0 Å². The Hall–Kier alpha value is -0.570. The molecule has 14 heavy (non-hydrogen) atoms. The van der Waals surface area contributed by atoms with Crippen LogP contribution in [0.25, 0.3) is 0 Å². The maximum Gasteiger partial charge on any atom is 0.339 e. The van der Waals surface area contributed by atoms with E-state index in [-0.39, 0.29) is 0 Å². The van der Waals surface area contributed by atoms with Crippen molar-refractivity contribution in [1.82, 2.24) is 0 Å². The fraction of sp³-hybridized carbons (Fsp3) is 0.909. The zero-order valence-corrected chi connectivity index (χ0v) is 9.46. The molecule has 3 saturated carbocycles. The van der Waals surface area contributed by atoms with Gasteiger partial charge in [0, 0.05) is 6.92 Å². The Morgan fingerprint density at radius 2 is 1.93 bits per heavy atom. The van der Waals surface area contributed by atoms with Crippen molar-refractivity contribution in [3.63, 3.8) is 0 Å². The lowest BCUT2D eigenvalue weighted by atomic mass is 9.52. The van der Waals surface area contributed by atoms with Crippen LogP contribution in [0, 0.1) is 16.7 Å². The Morgan fingerprint density at radius 1 is 1.43 bits per heavy atom. The molecule has 3 fully saturated rings. The van der Waals surface area contributed by atoms with Gasteiger partial charge in [-0.1, -0.05) is 20.8 Å². The molecule has 82 valence electrons. The third-order valence-electron chi connectivity index (χ3n) is 4.45. The van der Waals surface area contributed by atoms with E-state index in [1.807, 2.05) is 0 Å². The van der Waals surface area contributed by atoms with Crippen molar-refractivity contribution < 1.29 is 14.9 Å². The molecular formula is C11H20O3. The van der Waals surface area contributed by atoms with Gasteiger partial charge in [0.15, 0.2) is 0 Å². The second kappa shape index (κ2) is 3.54. The predicted octanol–water partition coefficient (Wildman–Crippen LogP) is 2.86. The SMILES string of the molecule is CC(=O)OO.CC12CCC(C1)C2(C)C. The first kappa shape index (κ1) is 11.5. The summed E-state index contributed by atoms with van der Waals surface area (Å²) < 4.78 is 0. The van der Waals surface area contributed by atoms with Gasteiger partial charge in [0.05, 0.1) is 0 Å². The molecule has 0 aromatic carbocycles. The van der Waals surface area contributed by atoms with Crippen LogP contribution >= 0.6 is 0 Å². The molecule has 3 aliphatic rings. The zero-order valence-electron chi connectivity index (χ0n) is 9.46. The fourth-order valence-electron chi connectivity index (χ4n) is 2.80. The summed E-state index contributed by atoms with van der Waals surface area (Å²) in [4.78, 5) is 12.5. The standard InChI is InChI=1S/C9H16.C2H4O3/c1-8(2)7-4-5-9(8,3)6-7;1-2(3)5-4/h7H,4-6H2,1-3H3;4H,1H3. The van der Waals surface area contributed by atoms with Crippen LogP contribution in [0.3, 0.4) is 0 Å². The summed E-state index contributed by atoms with van der Waals surface area (Å²) >= 11 is 0. The lowest BCUT2D eigenvalue weighted by Crippen LogP contribution is -2.45. The van der Waals surface area contributed by atoms with E-state index < -0.39 is 5.97 Å². The predicted molar refractivity (Wildman–Crippen MR) is 53.6 cm³/mol. The molecule has 2 atom stereocenters. The van der Waals surface area contributed by atoms with E-state index in [0.29, 0.717) is 5.41 Å². The highest BCUT2D eigenvalue weighted by molar-refractivity contribution is 5.64. The van der Waals surface area contributed by atoms with Crippen molar-refractivity contribution in [1.29, 1.82) is 0 Å². The molecule has 1 N–H and O–H groups in total. The van der Waals surface area contributed by atoms with E-state index in [1.165, 1.54) is 19.3 Å². The van der Waals surface area contributed by atoms with Gasteiger partial charge in [0.1, 0.15) is 0 Å². The van der Waals surface area contributed by atoms with Crippen LogP contribution in [-0.4, -0.2) is 11.2 Å². The van der Waals surface area contributed by atoms with Gasteiger partial charge in [-0.3, -0.25) is 0 Å². The van der Waals surface area contributed by atoms with Gasteiger partial charge in [0.25, 0.3) is 0 Å². The molecular weight excluding hydrogens is 180 g/mol. The molecule has 2 unspecified atom stereocenters. The normalized spacial score (nSPS) is 36.5. The van der Waals surface area contributed by atoms with E-state index >= 15 is 0 Å². The summed E-state index contributed by atoms with van der Waals surface area (Å²) in [6.45, 7) is 8.44. The minimum absolute atomic E-state index is 0.688. The first-order valence-corrected chi connectivity index (χ1v) is 5.15. The number of carbonyl (C=O) groups excluding carboxylic acids is 1. The smallest absolute Gasteiger partial charge is 0.301 e. The van der Waals surface area contributed by atoms with E-state index in [9.17, 15) is 4.79 Å². The molecule has 0 heterocycles. The van der Waals surface area contributed by atoms with Gasteiger partial charge < -0.3 is 4.89 Å². The minimum atomic E-state index is -0.690. The Bertz CT molecular complexity index is 228. The van der Waals surface area contributed by atoms with Crippen molar-refractivity contribution in [2.75, 3.05) is 0 Å². The fourth-order valence-corrected chi connectivity index (χ4v) is 2.80. The molecule has 0 aromatic rings. The number of fused-ring (bicyclic) bond motifs is 1. The molecule has 2 bridgehead atoms. The van der Waals surface area contributed by atoms with Crippen LogP contribution < -0.4 is 0 Å². The molecule has 0 aliphatic heterocycles. The number of carbonyl (C=O) groups is 1. The summed E-state index contributed by atoms with van der Waals surface area (Å²) in [7, 11) is 0. The molecule has 0 spiro atoms.